The van der Waals surface area contributed by atoms with Crippen molar-refractivity contribution < 1.29 is 20.1 Å². The van der Waals surface area contributed by atoms with Gasteiger partial charge in [-0.3, -0.25) is 0 Å². The van der Waals surface area contributed by atoms with Crippen molar-refractivity contribution in [3.63, 3.8) is 0 Å². The van der Waals surface area contributed by atoms with Crippen LogP contribution in [0.2, 0.25) is 0 Å². The molecule has 0 unspecified atom stereocenters. The summed E-state index contributed by atoms with van der Waals surface area (Å²) in [6, 6.07) is 57.5. The molecular weight excluding hydrogens is 765 g/mol. The summed E-state index contributed by atoms with van der Waals surface area (Å²) >= 11 is 0. The van der Waals surface area contributed by atoms with E-state index in [1.807, 2.05) is 43.5 Å². The Morgan fingerprint density at radius 1 is 0.604 bits per heavy atom. The Morgan fingerprint density at radius 2 is 1.31 bits per heavy atom. The van der Waals surface area contributed by atoms with E-state index < -0.39 is 0 Å². The van der Waals surface area contributed by atoms with Crippen LogP contribution in [0.4, 0.5) is 22.7 Å². The Kier molecular flexibility index (Phi) is 7.64. The van der Waals surface area contributed by atoms with E-state index in [-0.39, 0.29) is 20.1 Å². The predicted octanol–water partition coefficient (Wildman–Crippen LogP) is 10.9. The minimum atomic E-state index is 0. The van der Waals surface area contributed by atoms with Crippen molar-refractivity contribution in [2.75, 3.05) is 9.80 Å². The number of rotatable bonds is 3. The van der Waals surface area contributed by atoms with E-state index in [4.69, 9.17) is 0 Å². The van der Waals surface area contributed by atoms with Gasteiger partial charge in [-0.2, -0.15) is 12.1 Å². The van der Waals surface area contributed by atoms with Crippen LogP contribution in [0.1, 0.15) is 5.56 Å². The number of anilines is 4. The van der Waals surface area contributed by atoms with Gasteiger partial charge < -0.3 is 19.2 Å². The van der Waals surface area contributed by atoms with Crippen LogP contribution in [-0.2, 0) is 20.1 Å². The monoisotopic (exact) mass is 794 g/mol. The zero-order chi connectivity index (χ0) is 31.3. The normalized spacial score (nSPS) is 12.4. The number of hydrogen-bond donors (Lipinski definition) is 0. The largest absolute Gasteiger partial charge is 3.00 e. The Balaban J connectivity index is 0.000000203. The molecule has 4 heterocycles. The second kappa shape index (κ2) is 12.3. The van der Waals surface area contributed by atoms with E-state index in [0.29, 0.717) is 0 Å². The van der Waals surface area contributed by atoms with Crippen molar-refractivity contribution >= 4 is 60.8 Å². The van der Waals surface area contributed by atoms with Gasteiger partial charge in [0.25, 0.3) is 0 Å². The van der Waals surface area contributed by atoms with Gasteiger partial charge in [0.2, 0.25) is 0 Å². The van der Waals surface area contributed by atoms with Crippen molar-refractivity contribution in [1.29, 1.82) is 0 Å². The Hall–Kier alpha value is -5.48. The summed E-state index contributed by atoms with van der Waals surface area (Å²) < 4.78 is 2.42. The van der Waals surface area contributed by atoms with Gasteiger partial charge in [-0.15, -0.1) is 59.7 Å². The maximum Gasteiger partial charge on any atom is 3.00 e. The number of para-hydroxylation sites is 5. The van der Waals surface area contributed by atoms with Gasteiger partial charge in [-0.1, -0.05) is 84.4 Å². The number of aryl methyl sites for hydroxylation is 1. The van der Waals surface area contributed by atoms with Crippen LogP contribution in [0, 0.1) is 25.7 Å². The van der Waals surface area contributed by atoms with E-state index in [1.165, 1.54) is 49.3 Å². The van der Waals surface area contributed by atoms with Crippen molar-refractivity contribution in [1.82, 2.24) is 9.38 Å². The Morgan fingerprint density at radius 3 is 2.08 bits per heavy atom. The van der Waals surface area contributed by atoms with Gasteiger partial charge in [-0.25, -0.2) is 0 Å². The summed E-state index contributed by atoms with van der Waals surface area (Å²) in [5.74, 6) is 0. The first-order chi connectivity index (χ1) is 23.2. The van der Waals surface area contributed by atoms with Crippen molar-refractivity contribution in [3.05, 3.63) is 176 Å². The molecule has 1 aliphatic heterocycles. The topological polar surface area (TPSA) is 23.8 Å². The first kappa shape index (κ1) is 29.9. The molecule has 0 radical (unpaired) electrons. The molecule has 5 heteroatoms. The van der Waals surface area contributed by atoms with Crippen molar-refractivity contribution in [2.24, 2.45) is 0 Å². The number of fused-ring (bicyclic) bond motifs is 7. The molecule has 230 valence electrons. The fraction of sp³-hybridized carbons (Fsp3) is 0.0233. The Bertz CT molecular complexity index is 2510. The molecule has 0 N–H and O–H groups in total. The number of benzene rings is 6. The van der Waals surface area contributed by atoms with E-state index in [1.54, 1.807) is 0 Å². The maximum atomic E-state index is 4.32. The molecule has 0 saturated heterocycles. The number of hydrogen-bond acceptors (Lipinski definition) is 3. The van der Waals surface area contributed by atoms with E-state index in [0.717, 1.165) is 28.3 Å². The van der Waals surface area contributed by atoms with Crippen LogP contribution in [-0.4, -0.2) is 9.38 Å². The second-order valence-electron chi connectivity index (χ2n) is 11.8. The molecule has 1 aliphatic rings. The van der Waals surface area contributed by atoms with Crippen LogP contribution < -0.4 is 9.80 Å². The molecule has 0 bridgehead atoms. The van der Waals surface area contributed by atoms with Crippen LogP contribution in [0.3, 0.4) is 0 Å². The van der Waals surface area contributed by atoms with Crippen molar-refractivity contribution in [2.45, 2.75) is 6.92 Å². The third-order valence-electron chi connectivity index (χ3n) is 8.96. The summed E-state index contributed by atoms with van der Waals surface area (Å²) in [4.78, 5) is 8.81. The molecule has 9 aromatic rings. The first-order valence-corrected chi connectivity index (χ1v) is 15.8. The predicted molar refractivity (Wildman–Crippen MR) is 195 cm³/mol. The summed E-state index contributed by atoms with van der Waals surface area (Å²) in [5, 5.41) is 5.12. The molecule has 0 amide bonds. The van der Waals surface area contributed by atoms with Gasteiger partial charge in [0.15, 0.2) is 0 Å². The summed E-state index contributed by atoms with van der Waals surface area (Å²) in [6.45, 7) is 4.20. The molecule has 0 atom stereocenters. The third-order valence-corrected chi connectivity index (χ3v) is 8.96. The SMILES string of the molecule is Cc1ccc(-c2[c-]cccc2)nc1.[Ir+3].[c-]1cc2c3cccc4c5ccccc5n(c2cc1N1[CH-]N(c2ccccc2)c2ccccc21)c43. The van der Waals surface area contributed by atoms with Crippen LogP contribution in [0.5, 0.6) is 0 Å². The molecule has 0 fully saturated rings. The summed E-state index contributed by atoms with van der Waals surface area (Å²) in [6.07, 6.45) is 1.87. The van der Waals surface area contributed by atoms with Gasteiger partial charge in [-0.05, 0) is 53.9 Å². The maximum absolute atomic E-state index is 4.32. The molecule has 10 rings (SSSR count). The smallest absolute Gasteiger partial charge is 0.493 e. The average molecular weight is 794 g/mol. The van der Waals surface area contributed by atoms with E-state index in [9.17, 15) is 0 Å². The minimum absolute atomic E-state index is 0. The molecular formula is C43H29IrN4. The minimum Gasteiger partial charge on any atom is -0.493 e. The molecule has 6 aromatic carbocycles. The quantitative estimate of drug-likeness (QED) is 0.167. The molecule has 0 saturated carbocycles. The zero-order valence-electron chi connectivity index (χ0n) is 26.1. The molecule has 0 aliphatic carbocycles. The summed E-state index contributed by atoms with van der Waals surface area (Å²) in [7, 11) is 0. The standard InChI is InChI=1S/C31H19N3.C12H10N.Ir/c1-2-9-21(10-3-1)32-20-33(29-16-7-6-15-28(29)32)22-17-18-24-26-13-8-12-25-23-11-4-5-14-27(23)34(31(25)26)30(24)19-22;1-10-7-8-12(13-9-10)11-5-3-2-4-6-11;/h1-16,18-20H;2-5,7-9H,1H3;/q-2;-1;+3. The third kappa shape index (κ3) is 4.91. The van der Waals surface area contributed by atoms with Crippen molar-refractivity contribution in [3.8, 4) is 11.3 Å². The van der Waals surface area contributed by atoms with Crippen LogP contribution >= 0.6 is 0 Å². The zero-order valence-corrected chi connectivity index (χ0v) is 28.5. The molecule has 48 heavy (non-hydrogen) atoms. The average Bonchev–Trinajstić information content (AvgIpc) is 3.80. The number of aromatic nitrogens is 2. The first-order valence-electron chi connectivity index (χ1n) is 15.8. The molecule has 0 spiro atoms. The number of pyridine rings is 1. The second-order valence-corrected chi connectivity index (χ2v) is 11.8. The fourth-order valence-corrected chi connectivity index (χ4v) is 6.77. The van der Waals surface area contributed by atoms with E-state index >= 15 is 0 Å². The fourth-order valence-electron chi connectivity index (χ4n) is 6.77. The van der Waals surface area contributed by atoms with E-state index in [2.05, 4.69) is 153 Å². The van der Waals surface area contributed by atoms with Gasteiger partial charge in [0.05, 0.1) is 5.52 Å². The molecule has 4 nitrogen and oxygen atoms in total. The Labute approximate surface area is 293 Å². The van der Waals surface area contributed by atoms with Gasteiger partial charge >= 0.3 is 20.1 Å². The van der Waals surface area contributed by atoms with Crippen LogP contribution in [0.25, 0.3) is 49.4 Å². The van der Waals surface area contributed by atoms with Crippen LogP contribution in [0.15, 0.2) is 152 Å². The number of nitrogens with zero attached hydrogens (tertiary/aromatic N) is 4. The van der Waals surface area contributed by atoms with Gasteiger partial charge in [0, 0.05) is 39.5 Å². The summed E-state index contributed by atoms with van der Waals surface area (Å²) in [5.41, 5.74) is 11.4. The van der Waals surface area contributed by atoms with Gasteiger partial charge in [0.1, 0.15) is 0 Å². The molecule has 3 aromatic heterocycles.